The summed E-state index contributed by atoms with van der Waals surface area (Å²) in [4.78, 5) is 0. The molecule has 0 fully saturated rings. The standard InChI is InChI=1S/C46H28O/c1-2-14-30(15-3-1)43-33-18-7-6-13-29(33)25-26-39(43)45-36-21-10-8-19-34(36)44(35-20-9-11-22-37(35)45)38-23-12-24-41-46(38)40-27-31-16-4-5-17-32(31)28-42(40)47-41/h1-28H/i8D,9D,10D,11D,19D,20D,21D,22D. The number of hydrogen-bond acceptors (Lipinski definition) is 1. The van der Waals surface area contributed by atoms with Gasteiger partial charge < -0.3 is 4.42 Å². The summed E-state index contributed by atoms with van der Waals surface area (Å²) in [6.45, 7) is 0. The van der Waals surface area contributed by atoms with Crippen molar-refractivity contribution in [1.29, 1.82) is 0 Å². The fourth-order valence-corrected chi connectivity index (χ4v) is 7.28. The molecule has 0 aliphatic heterocycles. The van der Waals surface area contributed by atoms with Crippen LogP contribution < -0.4 is 0 Å². The molecular formula is C46H28O. The molecule has 1 aromatic heterocycles. The lowest BCUT2D eigenvalue weighted by Crippen LogP contribution is -1.94. The van der Waals surface area contributed by atoms with Gasteiger partial charge in [0.15, 0.2) is 0 Å². The third kappa shape index (κ3) is 3.90. The van der Waals surface area contributed by atoms with Crippen molar-refractivity contribution in [2.75, 3.05) is 0 Å². The van der Waals surface area contributed by atoms with Crippen LogP contribution in [0.5, 0.6) is 0 Å². The van der Waals surface area contributed by atoms with E-state index in [0.29, 0.717) is 33.2 Å². The topological polar surface area (TPSA) is 13.1 Å². The van der Waals surface area contributed by atoms with Gasteiger partial charge in [0.1, 0.15) is 11.2 Å². The lowest BCUT2D eigenvalue weighted by molar-refractivity contribution is 0.669. The van der Waals surface area contributed by atoms with Gasteiger partial charge in [-0.1, -0.05) is 151 Å². The molecule has 1 heteroatoms. The highest BCUT2D eigenvalue weighted by Crippen LogP contribution is 2.49. The summed E-state index contributed by atoms with van der Waals surface area (Å²) in [5.41, 5.74) is 4.51. The number of fused-ring (bicyclic) bond motifs is 7. The molecule has 0 atom stereocenters. The molecule has 0 aliphatic rings. The molecule has 0 bridgehead atoms. The predicted octanol–water partition coefficient (Wildman–Crippen LogP) is 13.2. The maximum absolute atomic E-state index is 9.56. The second kappa shape index (κ2) is 10.2. The summed E-state index contributed by atoms with van der Waals surface area (Å²) in [7, 11) is 0. The second-order valence-electron chi connectivity index (χ2n) is 11.8. The fraction of sp³-hybridized carbons (Fsp3) is 0. The molecular weight excluding hydrogens is 569 g/mol. The molecule has 1 heterocycles. The number of furan rings is 1. The third-order valence-corrected chi connectivity index (χ3v) is 9.27. The van der Waals surface area contributed by atoms with Crippen molar-refractivity contribution >= 4 is 65.0 Å². The largest absolute Gasteiger partial charge is 0.456 e. The van der Waals surface area contributed by atoms with E-state index in [1.165, 1.54) is 0 Å². The third-order valence-electron chi connectivity index (χ3n) is 9.27. The van der Waals surface area contributed by atoms with Crippen molar-refractivity contribution in [3.05, 3.63) is 170 Å². The Morgan fingerprint density at radius 2 is 0.979 bits per heavy atom. The Labute approximate surface area is 283 Å². The smallest absolute Gasteiger partial charge is 0.136 e. The molecule has 0 N–H and O–H groups in total. The van der Waals surface area contributed by atoms with Gasteiger partial charge in [0.05, 0.1) is 11.0 Å². The van der Waals surface area contributed by atoms with Crippen LogP contribution in [0.15, 0.2) is 174 Å². The Balaban J connectivity index is 1.50. The number of rotatable bonds is 3. The van der Waals surface area contributed by atoms with E-state index in [4.69, 9.17) is 9.90 Å². The van der Waals surface area contributed by atoms with E-state index in [0.717, 1.165) is 38.1 Å². The average molecular weight is 605 g/mol. The van der Waals surface area contributed by atoms with Gasteiger partial charge >= 0.3 is 0 Å². The van der Waals surface area contributed by atoms with Crippen LogP contribution in [0.3, 0.4) is 0 Å². The van der Waals surface area contributed by atoms with Crippen LogP contribution in [0.2, 0.25) is 0 Å². The van der Waals surface area contributed by atoms with E-state index in [2.05, 4.69) is 0 Å². The zero-order valence-electron chi connectivity index (χ0n) is 33.0. The van der Waals surface area contributed by atoms with Crippen LogP contribution >= 0.6 is 0 Å². The first-order chi connectivity index (χ1) is 26.7. The van der Waals surface area contributed by atoms with Crippen molar-refractivity contribution in [1.82, 2.24) is 0 Å². The van der Waals surface area contributed by atoms with Crippen molar-refractivity contribution in [2.24, 2.45) is 0 Å². The predicted molar refractivity (Wildman–Crippen MR) is 200 cm³/mol. The zero-order chi connectivity index (χ0) is 37.9. The molecule has 0 amide bonds. The van der Waals surface area contributed by atoms with Gasteiger partial charge in [-0.3, -0.25) is 0 Å². The van der Waals surface area contributed by atoms with Crippen LogP contribution in [0.4, 0.5) is 0 Å². The van der Waals surface area contributed by atoms with Gasteiger partial charge in [0.2, 0.25) is 0 Å². The molecule has 1 nitrogen and oxygen atoms in total. The van der Waals surface area contributed by atoms with Crippen molar-refractivity contribution in [2.45, 2.75) is 0 Å². The Hall–Kier alpha value is -6.18. The summed E-state index contributed by atoms with van der Waals surface area (Å²) in [6.07, 6.45) is 0. The van der Waals surface area contributed by atoms with Crippen molar-refractivity contribution in [3.8, 4) is 33.4 Å². The van der Waals surface area contributed by atoms with Crippen LogP contribution in [0.25, 0.3) is 98.4 Å². The van der Waals surface area contributed by atoms with Gasteiger partial charge in [-0.05, 0) is 94.7 Å². The van der Waals surface area contributed by atoms with Gasteiger partial charge in [-0.25, -0.2) is 0 Å². The van der Waals surface area contributed by atoms with E-state index < -0.39 is 24.2 Å². The molecule has 0 saturated heterocycles. The number of hydrogen-bond donors (Lipinski definition) is 0. The van der Waals surface area contributed by atoms with Gasteiger partial charge in [-0.15, -0.1) is 0 Å². The highest BCUT2D eigenvalue weighted by molar-refractivity contribution is 6.27. The molecule has 218 valence electrons. The molecule has 0 spiro atoms. The van der Waals surface area contributed by atoms with E-state index >= 15 is 0 Å². The van der Waals surface area contributed by atoms with Gasteiger partial charge in [0, 0.05) is 10.8 Å². The Bertz CT molecular complexity index is 3220. The lowest BCUT2D eigenvalue weighted by atomic mass is 9.82. The molecule has 10 rings (SSSR count). The first-order valence-corrected chi connectivity index (χ1v) is 15.5. The lowest BCUT2D eigenvalue weighted by Gasteiger charge is -2.21. The van der Waals surface area contributed by atoms with E-state index in [-0.39, 0.29) is 51.3 Å². The van der Waals surface area contributed by atoms with Gasteiger partial charge in [0.25, 0.3) is 0 Å². The molecule has 10 aromatic rings. The van der Waals surface area contributed by atoms with Crippen molar-refractivity contribution in [3.63, 3.8) is 0 Å². The highest BCUT2D eigenvalue weighted by atomic mass is 16.3. The molecule has 0 saturated carbocycles. The van der Waals surface area contributed by atoms with E-state index in [1.54, 1.807) is 6.07 Å². The Morgan fingerprint density at radius 1 is 0.383 bits per heavy atom. The summed E-state index contributed by atoms with van der Waals surface area (Å²) in [5, 5.41) is 5.91. The average Bonchev–Trinajstić information content (AvgIpc) is 3.59. The number of benzene rings is 9. The maximum Gasteiger partial charge on any atom is 0.136 e. The summed E-state index contributed by atoms with van der Waals surface area (Å²) < 4.78 is 80.5. The quantitative estimate of drug-likeness (QED) is 0.183. The fourth-order valence-electron chi connectivity index (χ4n) is 7.28. The summed E-state index contributed by atoms with van der Waals surface area (Å²) in [6, 6.07) is 35.9. The first kappa shape index (κ1) is 19.4. The van der Waals surface area contributed by atoms with Crippen LogP contribution in [0, 0.1) is 0 Å². The highest BCUT2D eigenvalue weighted by Gasteiger charge is 2.22. The van der Waals surface area contributed by atoms with Crippen LogP contribution in [-0.4, -0.2) is 0 Å². The minimum atomic E-state index is -0.443. The van der Waals surface area contributed by atoms with Crippen LogP contribution in [-0.2, 0) is 0 Å². The SMILES string of the molecule is [2H]c1c([2H])c([2H])c2c(-c3cccc4oc5cc6ccccc6cc5c34)c3c([2H])c([2H])c([2H])c([2H])c3c(-c3ccc4ccccc4c3-c3ccccc3)c2c1[2H]. The Morgan fingerprint density at radius 3 is 1.68 bits per heavy atom. The van der Waals surface area contributed by atoms with E-state index in [9.17, 15) is 5.48 Å². The first-order valence-electron chi connectivity index (χ1n) is 19.5. The molecule has 0 unspecified atom stereocenters. The molecule has 0 aliphatic carbocycles. The molecule has 47 heavy (non-hydrogen) atoms. The normalized spacial score (nSPS) is 14.2. The monoisotopic (exact) mass is 604 g/mol. The maximum atomic E-state index is 9.56. The van der Waals surface area contributed by atoms with Crippen molar-refractivity contribution < 1.29 is 15.4 Å². The van der Waals surface area contributed by atoms with Crippen LogP contribution in [0.1, 0.15) is 11.0 Å². The zero-order valence-corrected chi connectivity index (χ0v) is 25.0. The summed E-state index contributed by atoms with van der Waals surface area (Å²) in [5.74, 6) is 0. The van der Waals surface area contributed by atoms with E-state index in [1.807, 2.05) is 115 Å². The molecule has 9 aromatic carbocycles. The minimum absolute atomic E-state index is 0.161. The second-order valence-corrected chi connectivity index (χ2v) is 11.8. The Kier molecular flexibility index (Phi) is 4.19. The minimum Gasteiger partial charge on any atom is -0.456 e. The summed E-state index contributed by atoms with van der Waals surface area (Å²) >= 11 is 0. The molecule has 0 radical (unpaired) electrons. The van der Waals surface area contributed by atoms with Gasteiger partial charge in [-0.2, -0.15) is 0 Å².